The second-order valence-corrected chi connectivity index (χ2v) is 6.33. The maximum atomic E-state index is 11.9. The summed E-state index contributed by atoms with van der Waals surface area (Å²) < 4.78 is 5.45. The largest absolute Gasteiger partial charge is 0.422 e. The van der Waals surface area contributed by atoms with E-state index in [0.717, 1.165) is 34.2 Å². The molecule has 1 aromatic carbocycles. The van der Waals surface area contributed by atoms with Crippen LogP contribution in [0.3, 0.4) is 0 Å². The van der Waals surface area contributed by atoms with Crippen LogP contribution in [0.2, 0.25) is 0 Å². The predicted molar refractivity (Wildman–Crippen MR) is 85.7 cm³/mol. The maximum Gasteiger partial charge on any atom is 0.336 e. The van der Waals surface area contributed by atoms with Crippen LogP contribution in [0.1, 0.15) is 42.4 Å². The Morgan fingerprint density at radius 2 is 1.95 bits per heavy atom. The molecule has 21 heavy (non-hydrogen) atoms. The number of nitrogens with zero attached hydrogens (tertiary/aromatic N) is 1. The highest BCUT2D eigenvalue weighted by Gasteiger charge is 2.20. The molecule has 0 aliphatic heterocycles. The summed E-state index contributed by atoms with van der Waals surface area (Å²) in [5, 5.41) is 1.07. The molecule has 1 fully saturated rings. The fourth-order valence-electron chi connectivity index (χ4n) is 3.40. The van der Waals surface area contributed by atoms with Crippen LogP contribution in [0.25, 0.3) is 11.0 Å². The van der Waals surface area contributed by atoms with Crippen molar-refractivity contribution in [1.29, 1.82) is 0 Å². The molecule has 3 rings (SSSR count). The molecule has 1 aromatic heterocycles. The molecule has 112 valence electrons. The lowest BCUT2D eigenvalue weighted by molar-refractivity contribution is 0.238. The molecular weight excluding hydrogens is 262 g/mol. The van der Waals surface area contributed by atoms with Crippen LogP contribution in [0.5, 0.6) is 0 Å². The van der Waals surface area contributed by atoms with E-state index in [9.17, 15) is 4.79 Å². The molecule has 3 heteroatoms. The van der Waals surface area contributed by atoms with Gasteiger partial charge in [-0.2, -0.15) is 0 Å². The average molecular weight is 285 g/mol. The van der Waals surface area contributed by atoms with E-state index in [4.69, 9.17) is 4.42 Å². The highest BCUT2D eigenvalue weighted by molar-refractivity contribution is 5.83. The summed E-state index contributed by atoms with van der Waals surface area (Å²) in [6.07, 6.45) is 5.19. The van der Waals surface area contributed by atoms with Crippen LogP contribution in [-0.2, 0) is 6.54 Å². The maximum absolute atomic E-state index is 11.9. The molecule has 1 heterocycles. The summed E-state index contributed by atoms with van der Waals surface area (Å²) in [5.41, 5.74) is 3.81. The molecule has 0 bridgehead atoms. The minimum Gasteiger partial charge on any atom is -0.422 e. The van der Waals surface area contributed by atoms with Gasteiger partial charge in [0.1, 0.15) is 5.58 Å². The predicted octanol–water partition coefficient (Wildman–Crippen LogP) is 3.78. The SMILES string of the molecule is Cc1ccc2c(CN(C)C3CCCC3)cc(=O)oc2c1C. The first kappa shape index (κ1) is 14.3. The molecule has 0 spiro atoms. The van der Waals surface area contributed by atoms with Gasteiger partial charge in [-0.25, -0.2) is 4.79 Å². The van der Waals surface area contributed by atoms with Crippen LogP contribution >= 0.6 is 0 Å². The summed E-state index contributed by atoms with van der Waals surface area (Å²) in [6.45, 7) is 4.88. The van der Waals surface area contributed by atoms with Gasteiger partial charge in [-0.15, -0.1) is 0 Å². The monoisotopic (exact) mass is 285 g/mol. The topological polar surface area (TPSA) is 33.5 Å². The van der Waals surface area contributed by atoms with E-state index in [1.54, 1.807) is 6.07 Å². The molecule has 0 N–H and O–H groups in total. The zero-order valence-corrected chi connectivity index (χ0v) is 13.1. The molecule has 3 nitrogen and oxygen atoms in total. The van der Waals surface area contributed by atoms with Crippen molar-refractivity contribution in [3.05, 3.63) is 45.3 Å². The van der Waals surface area contributed by atoms with E-state index in [1.165, 1.54) is 25.7 Å². The second-order valence-electron chi connectivity index (χ2n) is 6.33. The number of hydrogen-bond donors (Lipinski definition) is 0. The minimum absolute atomic E-state index is 0.244. The molecule has 0 radical (unpaired) electrons. The van der Waals surface area contributed by atoms with E-state index in [0.29, 0.717) is 6.04 Å². The molecule has 1 saturated carbocycles. The van der Waals surface area contributed by atoms with Gasteiger partial charge in [0.2, 0.25) is 0 Å². The Morgan fingerprint density at radius 1 is 1.24 bits per heavy atom. The highest BCUT2D eigenvalue weighted by atomic mass is 16.4. The van der Waals surface area contributed by atoms with Crippen LogP contribution in [-0.4, -0.2) is 18.0 Å². The number of aryl methyl sites for hydroxylation is 2. The Hall–Kier alpha value is -1.61. The smallest absolute Gasteiger partial charge is 0.336 e. The molecule has 1 aliphatic rings. The van der Waals surface area contributed by atoms with Gasteiger partial charge in [0.15, 0.2) is 0 Å². The Balaban J connectivity index is 2.01. The lowest BCUT2D eigenvalue weighted by Crippen LogP contribution is -2.29. The number of benzene rings is 1. The second kappa shape index (κ2) is 5.64. The lowest BCUT2D eigenvalue weighted by Gasteiger charge is -2.24. The van der Waals surface area contributed by atoms with Crippen LogP contribution in [0, 0.1) is 13.8 Å². The molecule has 0 atom stereocenters. The summed E-state index contributed by atoms with van der Waals surface area (Å²) in [4.78, 5) is 14.3. The third-order valence-corrected chi connectivity index (χ3v) is 4.89. The molecular formula is C18H23NO2. The average Bonchev–Trinajstić information content (AvgIpc) is 2.97. The van der Waals surface area contributed by atoms with Gasteiger partial charge in [-0.3, -0.25) is 4.90 Å². The van der Waals surface area contributed by atoms with Gasteiger partial charge >= 0.3 is 5.63 Å². The Labute approximate surface area is 125 Å². The van der Waals surface area contributed by atoms with Crippen molar-refractivity contribution < 1.29 is 4.42 Å². The van der Waals surface area contributed by atoms with Crippen molar-refractivity contribution in [2.45, 2.75) is 52.1 Å². The summed E-state index contributed by atoms with van der Waals surface area (Å²) in [5.74, 6) is 0. The van der Waals surface area contributed by atoms with Gasteiger partial charge in [0, 0.05) is 24.0 Å². The van der Waals surface area contributed by atoms with E-state index < -0.39 is 0 Å². The zero-order chi connectivity index (χ0) is 15.0. The van der Waals surface area contributed by atoms with E-state index in [2.05, 4.69) is 24.1 Å². The van der Waals surface area contributed by atoms with E-state index in [-0.39, 0.29) is 5.63 Å². The molecule has 0 unspecified atom stereocenters. The summed E-state index contributed by atoms with van der Waals surface area (Å²) in [6, 6.07) is 6.50. The molecule has 1 aliphatic carbocycles. The van der Waals surface area contributed by atoms with Crippen LogP contribution in [0.4, 0.5) is 0 Å². The third-order valence-electron chi connectivity index (χ3n) is 4.89. The van der Waals surface area contributed by atoms with Gasteiger partial charge in [0.25, 0.3) is 0 Å². The summed E-state index contributed by atoms with van der Waals surface area (Å²) in [7, 11) is 2.16. The first-order chi connectivity index (χ1) is 10.1. The van der Waals surface area contributed by atoms with Crippen molar-refractivity contribution in [2.24, 2.45) is 0 Å². The van der Waals surface area contributed by atoms with Crippen molar-refractivity contribution in [2.75, 3.05) is 7.05 Å². The number of rotatable bonds is 3. The first-order valence-corrected chi connectivity index (χ1v) is 7.79. The lowest BCUT2D eigenvalue weighted by atomic mass is 10.0. The van der Waals surface area contributed by atoms with Gasteiger partial charge in [-0.1, -0.05) is 25.0 Å². The van der Waals surface area contributed by atoms with Crippen LogP contribution < -0.4 is 5.63 Å². The normalized spacial score (nSPS) is 16.2. The van der Waals surface area contributed by atoms with E-state index in [1.807, 2.05) is 13.8 Å². The highest BCUT2D eigenvalue weighted by Crippen LogP contribution is 2.27. The Kier molecular flexibility index (Phi) is 3.85. The van der Waals surface area contributed by atoms with Gasteiger partial charge < -0.3 is 4.42 Å². The van der Waals surface area contributed by atoms with Crippen molar-refractivity contribution in [3.8, 4) is 0 Å². The Morgan fingerprint density at radius 3 is 2.67 bits per heavy atom. The number of hydrogen-bond acceptors (Lipinski definition) is 3. The van der Waals surface area contributed by atoms with Gasteiger partial charge in [0.05, 0.1) is 0 Å². The van der Waals surface area contributed by atoms with Gasteiger partial charge in [-0.05, 0) is 50.4 Å². The van der Waals surface area contributed by atoms with Crippen LogP contribution in [0.15, 0.2) is 27.4 Å². The fraction of sp³-hybridized carbons (Fsp3) is 0.500. The zero-order valence-electron chi connectivity index (χ0n) is 13.1. The molecule has 0 saturated heterocycles. The van der Waals surface area contributed by atoms with Crippen molar-refractivity contribution in [3.63, 3.8) is 0 Å². The molecule has 2 aromatic rings. The van der Waals surface area contributed by atoms with Crippen molar-refractivity contribution in [1.82, 2.24) is 4.90 Å². The quantitative estimate of drug-likeness (QED) is 0.805. The summed E-state index contributed by atoms with van der Waals surface area (Å²) >= 11 is 0. The number of fused-ring (bicyclic) bond motifs is 1. The molecule has 0 amide bonds. The third kappa shape index (κ3) is 2.75. The van der Waals surface area contributed by atoms with Crippen molar-refractivity contribution >= 4 is 11.0 Å². The first-order valence-electron chi connectivity index (χ1n) is 7.79. The fourth-order valence-corrected chi connectivity index (χ4v) is 3.40. The minimum atomic E-state index is -0.244. The Bertz CT molecular complexity index is 711. The van der Waals surface area contributed by atoms with E-state index >= 15 is 0 Å². The standard InChI is InChI=1S/C18H23NO2/c1-12-8-9-16-14(10-17(20)21-18(16)13(12)2)11-19(3)15-6-4-5-7-15/h8-10,15H,4-7,11H2,1-3H3.